The molecule has 0 aliphatic carbocycles. The van der Waals surface area contributed by atoms with Crippen LogP contribution >= 0.6 is 0 Å². The van der Waals surface area contributed by atoms with Gasteiger partial charge in [0, 0.05) is 17.9 Å². The average Bonchev–Trinajstić information content (AvgIpc) is 2.49. The molecule has 2 N–H and O–H groups in total. The zero-order valence-corrected chi connectivity index (χ0v) is 6.38. The third-order valence-electron chi connectivity index (χ3n) is 1.84. The molecule has 12 heavy (non-hydrogen) atoms. The number of fused-ring (bicyclic) bond motifs is 1. The molecule has 4 heteroatoms. The molecule has 60 valence electrons. The highest BCUT2D eigenvalue weighted by Crippen LogP contribution is 2.01. The molecular formula is C8H8BNO2. The van der Waals surface area contributed by atoms with Crippen LogP contribution in [0.4, 0.5) is 0 Å². The second-order valence-electron chi connectivity index (χ2n) is 2.68. The monoisotopic (exact) mass is 161 g/mol. The van der Waals surface area contributed by atoms with Gasteiger partial charge in [-0.2, -0.15) is 0 Å². The average molecular weight is 161 g/mol. The first-order chi connectivity index (χ1) is 5.77. The maximum absolute atomic E-state index is 8.86. The lowest BCUT2D eigenvalue weighted by molar-refractivity contribution is 0.425. The maximum atomic E-state index is 8.86. The molecular weight excluding hydrogens is 153 g/mol. The van der Waals surface area contributed by atoms with Crippen LogP contribution in [-0.4, -0.2) is 21.6 Å². The molecule has 0 spiro atoms. The minimum Gasteiger partial charge on any atom is -0.423 e. The second-order valence-corrected chi connectivity index (χ2v) is 2.68. The van der Waals surface area contributed by atoms with E-state index in [-0.39, 0.29) is 0 Å². The number of hydrogen-bond acceptors (Lipinski definition) is 2. The molecule has 2 aromatic heterocycles. The summed E-state index contributed by atoms with van der Waals surface area (Å²) < 4.78 is 1.84. The Morgan fingerprint density at radius 2 is 2.00 bits per heavy atom. The molecule has 0 fully saturated rings. The summed E-state index contributed by atoms with van der Waals surface area (Å²) in [5.74, 6) is 0. The van der Waals surface area contributed by atoms with Crippen molar-refractivity contribution in [1.29, 1.82) is 0 Å². The van der Waals surface area contributed by atoms with Crippen LogP contribution in [0.25, 0.3) is 5.52 Å². The van der Waals surface area contributed by atoms with Crippen molar-refractivity contribution in [2.45, 2.75) is 0 Å². The Balaban J connectivity index is 2.60. The fourth-order valence-electron chi connectivity index (χ4n) is 1.20. The number of aromatic nitrogens is 1. The molecule has 0 aliphatic heterocycles. The van der Waals surface area contributed by atoms with Crippen LogP contribution in [-0.2, 0) is 0 Å². The summed E-state index contributed by atoms with van der Waals surface area (Å²) in [6.45, 7) is 0. The Bertz CT molecular complexity index is 397. The topological polar surface area (TPSA) is 44.9 Å². The number of pyridine rings is 1. The Labute approximate surface area is 70.0 Å². The van der Waals surface area contributed by atoms with Gasteiger partial charge in [-0.15, -0.1) is 0 Å². The van der Waals surface area contributed by atoms with Crippen molar-refractivity contribution in [3.63, 3.8) is 0 Å². The second kappa shape index (κ2) is 2.66. The normalized spacial score (nSPS) is 10.5. The quantitative estimate of drug-likeness (QED) is 0.560. The van der Waals surface area contributed by atoms with Crippen LogP contribution in [0.1, 0.15) is 0 Å². The van der Waals surface area contributed by atoms with E-state index in [2.05, 4.69) is 0 Å². The molecule has 0 aromatic carbocycles. The van der Waals surface area contributed by atoms with Crippen molar-refractivity contribution in [2.24, 2.45) is 0 Å². The van der Waals surface area contributed by atoms with E-state index in [0.717, 1.165) is 5.52 Å². The molecule has 0 bridgehead atoms. The molecule has 0 unspecified atom stereocenters. The van der Waals surface area contributed by atoms with E-state index in [1.807, 2.05) is 28.8 Å². The summed E-state index contributed by atoms with van der Waals surface area (Å²) in [5, 5.41) is 17.7. The van der Waals surface area contributed by atoms with E-state index in [9.17, 15) is 0 Å². The smallest absolute Gasteiger partial charge is 0.423 e. The standard InChI is InChI=1S/C8H8BNO2/c11-9(12)7-3-4-8-2-1-5-10(8)6-7/h1-6,11-12H. The Hall–Kier alpha value is -1.26. The SMILES string of the molecule is OB(O)c1ccc2cccn2c1. The highest BCUT2D eigenvalue weighted by molar-refractivity contribution is 6.58. The summed E-state index contributed by atoms with van der Waals surface area (Å²) in [6, 6.07) is 7.39. The lowest BCUT2D eigenvalue weighted by Gasteiger charge is -2.00. The zero-order valence-electron chi connectivity index (χ0n) is 6.38. The molecule has 0 saturated heterocycles. The van der Waals surface area contributed by atoms with Gasteiger partial charge in [0.05, 0.1) is 0 Å². The minimum atomic E-state index is -1.39. The van der Waals surface area contributed by atoms with Gasteiger partial charge in [-0.1, -0.05) is 6.07 Å². The van der Waals surface area contributed by atoms with Gasteiger partial charge in [-0.05, 0) is 23.7 Å². The third-order valence-corrected chi connectivity index (χ3v) is 1.84. The van der Waals surface area contributed by atoms with Gasteiger partial charge >= 0.3 is 7.12 Å². The fourth-order valence-corrected chi connectivity index (χ4v) is 1.20. The van der Waals surface area contributed by atoms with Gasteiger partial charge in [0.2, 0.25) is 0 Å². The molecule has 2 aromatic rings. The lowest BCUT2D eigenvalue weighted by atomic mass is 9.82. The van der Waals surface area contributed by atoms with Crippen LogP contribution in [0.5, 0.6) is 0 Å². The van der Waals surface area contributed by atoms with Crippen molar-refractivity contribution in [3.8, 4) is 0 Å². The van der Waals surface area contributed by atoms with E-state index < -0.39 is 7.12 Å². The zero-order chi connectivity index (χ0) is 8.55. The number of hydrogen-bond donors (Lipinski definition) is 2. The first kappa shape index (κ1) is 7.40. The predicted molar refractivity (Wildman–Crippen MR) is 47.2 cm³/mol. The van der Waals surface area contributed by atoms with Gasteiger partial charge in [-0.3, -0.25) is 0 Å². The van der Waals surface area contributed by atoms with Crippen LogP contribution in [0.15, 0.2) is 36.7 Å². The molecule has 0 saturated carbocycles. The largest absolute Gasteiger partial charge is 0.489 e. The van der Waals surface area contributed by atoms with Crippen molar-refractivity contribution in [3.05, 3.63) is 36.7 Å². The first-order valence-corrected chi connectivity index (χ1v) is 3.70. The van der Waals surface area contributed by atoms with E-state index in [1.54, 1.807) is 12.3 Å². The van der Waals surface area contributed by atoms with E-state index in [1.165, 1.54) is 0 Å². The molecule has 0 amide bonds. The maximum Gasteiger partial charge on any atom is 0.489 e. The number of rotatable bonds is 1. The van der Waals surface area contributed by atoms with Crippen LogP contribution in [0.3, 0.4) is 0 Å². The summed E-state index contributed by atoms with van der Waals surface area (Å²) >= 11 is 0. The Kier molecular flexibility index (Phi) is 1.64. The van der Waals surface area contributed by atoms with Crippen molar-refractivity contribution < 1.29 is 10.0 Å². The van der Waals surface area contributed by atoms with Crippen molar-refractivity contribution in [2.75, 3.05) is 0 Å². The van der Waals surface area contributed by atoms with Crippen LogP contribution < -0.4 is 5.46 Å². The summed E-state index contributed by atoms with van der Waals surface area (Å²) in [7, 11) is -1.39. The van der Waals surface area contributed by atoms with Gasteiger partial charge in [0.25, 0.3) is 0 Å². The fraction of sp³-hybridized carbons (Fsp3) is 0. The van der Waals surface area contributed by atoms with Crippen molar-refractivity contribution in [1.82, 2.24) is 4.40 Å². The van der Waals surface area contributed by atoms with Gasteiger partial charge in [0.15, 0.2) is 0 Å². The van der Waals surface area contributed by atoms with Gasteiger partial charge < -0.3 is 14.4 Å². The molecule has 0 radical (unpaired) electrons. The number of nitrogens with zero attached hydrogens (tertiary/aromatic N) is 1. The molecule has 0 aliphatic rings. The molecule has 2 rings (SSSR count). The highest BCUT2D eigenvalue weighted by atomic mass is 16.4. The van der Waals surface area contributed by atoms with Crippen molar-refractivity contribution >= 4 is 18.1 Å². The summed E-state index contributed by atoms with van der Waals surface area (Å²) in [5.41, 5.74) is 1.54. The van der Waals surface area contributed by atoms with Crippen LogP contribution in [0.2, 0.25) is 0 Å². The third kappa shape index (κ3) is 1.11. The Morgan fingerprint density at radius 1 is 1.17 bits per heavy atom. The predicted octanol–water partition coefficient (Wildman–Crippen LogP) is -0.381. The van der Waals surface area contributed by atoms with Gasteiger partial charge in [-0.25, -0.2) is 0 Å². The highest BCUT2D eigenvalue weighted by Gasteiger charge is 2.10. The molecule has 3 nitrogen and oxygen atoms in total. The lowest BCUT2D eigenvalue weighted by Crippen LogP contribution is -2.30. The van der Waals surface area contributed by atoms with Gasteiger partial charge in [0.1, 0.15) is 0 Å². The van der Waals surface area contributed by atoms with E-state index >= 15 is 0 Å². The summed E-state index contributed by atoms with van der Waals surface area (Å²) in [4.78, 5) is 0. The Morgan fingerprint density at radius 3 is 2.75 bits per heavy atom. The molecule has 2 heterocycles. The van der Waals surface area contributed by atoms with E-state index in [4.69, 9.17) is 10.0 Å². The van der Waals surface area contributed by atoms with E-state index in [0.29, 0.717) is 5.46 Å². The summed E-state index contributed by atoms with van der Waals surface area (Å²) in [6.07, 6.45) is 3.56. The molecule has 0 atom stereocenters. The first-order valence-electron chi connectivity index (χ1n) is 3.70. The minimum absolute atomic E-state index is 0.499. The van der Waals surface area contributed by atoms with Crippen LogP contribution in [0, 0.1) is 0 Å².